The molecule has 0 bridgehead atoms. The first-order chi connectivity index (χ1) is 7.05. The molecule has 0 amide bonds. The summed E-state index contributed by atoms with van der Waals surface area (Å²) in [4.78, 5) is 16.2. The Morgan fingerprint density at radius 1 is 1.60 bits per heavy atom. The predicted octanol–water partition coefficient (Wildman–Crippen LogP) is 1.62. The summed E-state index contributed by atoms with van der Waals surface area (Å²) >= 11 is 0. The van der Waals surface area contributed by atoms with E-state index in [2.05, 4.69) is 11.7 Å². The van der Waals surface area contributed by atoms with Gasteiger partial charge in [-0.15, -0.1) is 0 Å². The van der Waals surface area contributed by atoms with E-state index >= 15 is 0 Å². The lowest BCUT2D eigenvalue weighted by Crippen LogP contribution is -2.07. The third kappa shape index (κ3) is 2.37. The highest BCUT2D eigenvalue weighted by Gasteiger charge is 2.62. The van der Waals surface area contributed by atoms with E-state index in [0.717, 1.165) is 0 Å². The highest BCUT2D eigenvalue weighted by Crippen LogP contribution is 2.57. The molecule has 84 valence electrons. The Hall–Kier alpha value is -1.32. The Bertz CT molecular complexity index is 284. The van der Waals surface area contributed by atoms with Crippen LogP contribution in [0.5, 0.6) is 0 Å². The standard InChI is InChI=1S/C11H17NO3/c1-5-6-15-12-7-8-9(10(13)14-4)11(8,2)3/h5,7-9H,1,6H2,2-4H3/b12-7+. The highest BCUT2D eigenvalue weighted by atomic mass is 16.6. The molecule has 0 spiro atoms. The van der Waals surface area contributed by atoms with Crippen LogP contribution in [0.2, 0.25) is 0 Å². The van der Waals surface area contributed by atoms with Gasteiger partial charge in [-0.3, -0.25) is 4.79 Å². The molecule has 1 aliphatic rings. The van der Waals surface area contributed by atoms with Crippen LogP contribution in [-0.4, -0.2) is 25.9 Å². The number of methoxy groups -OCH3 is 1. The fourth-order valence-electron chi connectivity index (χ4n) is 1.74. The van der Waals surface area contributed by atoms with Gasteiger partial charge in [0.1, 0.15) is 6.61 Å². The quantitative estimate of drug-likeness (QED) is 0.228. The Balaban J connectivity index is 2.47. The molecule has 2 atom stereocenters. The largest absolute Gasteiger partial charge is 0.469 e. The first-order valence-corrected chi connectivity index (χ1v) is 4.90. The van der Waals surface area contributed by atoms with Crippen molar-refractivity contribution in [2.75, 3.05) is 13.7 Å². The second-order valence-electron chi connectivity index (χ2n) is 4.19. The fraction of sp³-hybridized carbons (Fsp3) is 0.636. The van der Waals surface area contributed by atoms with Crippen molar-refractivity contribution in [1.29, 1.82) is 0 Å². The molecule has 1 saturated carbocycles. The maximum Gasteiger partial charge on any atom is 0.309 e. The molecule has 2 unspecified atom stereocenters. The van der Waals surface area contributed by atoms with Crippen molar-refractivity contribution in [1.82, 2.24) is 0 Å². The van der Waals surface area contributed by atoms with Crippen molar-refractivity contribution in [2.45, 2.75) is 13.8 Å². The number of oxime groups is 1. The van der Waals surface area contributed by atoms with Gasteiger partial charge in [0.05, 0.1) is 13.0 Å². The molecule has 1 rings (SSSR count). The fourth-order valence-corrected chi connectivity index (χ4v) is 1.74. The Morgan fingerprint density at radius 2 is 2.27 bits per heavy atom. The Labute approximate surface area is 89.9 Å². The number of rotatable bonds is 5. The van der Waals surface area contributed by atoms with Gasteiger partial charge in [0.15, 0.2) is 0 Å². The van der Waals surface area contributed by atoms with Gasteiger partial charge < -0.3 is 9.57 Å². The third-order valence-electron chi connectivity index (χ3n) is 2.85. The highest BCUT2D eigenvalue weighted by molar-refractivity contribution is 5.85. The number of ether oxygens (including phenoxy) is 1. The molecule has 4 heteroatoms. The lowest BCUT2D eigenvalue weighted by Gasteiger charge is -1.98. The number of nitrogens with zero attached hydrogens (tertiary/aromatic N) is 1. The lowest BCUT2D eigenvalue weighted by atomic mass is 10.1. The molecule has 0 N–H and O–H groups in total. The third-order valence-corrected chi connectivity index (χ3v) is 2.85. The van der Waals surface area contributed by atoms with Gasteiger partial charge in [0.2, 0.25) is 0 Å². The molecule has 1 aliphatic carbocycles. The van der Waals surface area contributed by atoms with Gasteiger partial charge in [-0.2, -0.15) is 0 Å². The van der Waals surface area contributed by atoms with Crippen molar-refractivity contribution in [3.8, 4) is 0 Å². The van der Waals surface area contributed by atoms with Crippen LogP contribution >= 0.6 is 0 Å². The average Bonchev–Trinajstić information content (AvgIpc) is 2.74. The number of hydrogen-bond acceptors (Lipinski definition) is 4. The zero-order valence-corrected chi connectivity index (χ0v) is 9.40. The molecule has 0 aromatic rings. The summed E-state index contributed by atoms with van der Waals surface area (Å²) in [6.45, 7) is 7.91. The van der Waals surface area contributed by atoms with Gasteiger partial charge >= 0.3 is 5.97 Å². The summed E-state index contributed by atoms with van der Waals surface area (Å²) in [5.74, 6) is -0.173. The second kappa shape index (κ2) is 4.47. The Morgan fingerprint density at radius 3 is 2.80 bits per heavy atom. The molecule has 0 radical (unpaired) electrons. The van der Waals surface area contributed by atoms with Crippen LogP contribution in [0.3, 0.4) is 0 Å². The second-order valence-corrected chi connectivity index (χ2v) is 4.19. The molecule has 0 aliphatic heterocycles. The Kier molecular flexibility index (Phi) is 3.50. The van der Waals surface area contributed by atoms with Gasteiger partial charge in [-0.1, -0.05) is 31.7 Å². The molecular weight excluding hydrogens is 194 g/mol. The molecule has 0 heterocycles. The van der Waals surface area contributed by atoms with Crippen LogP contribution in [0.25, 0.3) is 0 Å². The molecular formula is C11H17NO3. The maximum atomic E-state index is 11.3. The van der Waals surface area contributed by atoms with Crippen molar-refractivity contribution in [3.63, 3.8) is 0 Å². The van der Waals surface area contributed by atoms with Gasteiger partial charge in [-0.25, -0.2) is 0 Å². The average molecular weight is 211 g/mol. The minimum atomic E-state index is -0.180. The summed E-state index contributed by atoms with van der Waals surface area (Å²) in [6, 6.07) is 0. The number of esters is 1. The van der Waals surface area contributed by atoms with Crippen LogP contribution in [-0.2, 0) is 14.4 Å². The summed E-state index contributed by atoms with van der Waals surface area (Å²) < 4.78 is 4.71. The number of carbonyl (C=O) groups excluding carboxylic acids is 1. The normalized spacial score (nSPS) is 27.4. The van der Waals surface area contributed by atoms with E-state index in [9.17, 15) is 4.79 Å². The van der Waals surface area contributed by atoms with Crippen molar-refractivity contribution >= 4 is 12.2 Å². The van der Waals surface area contributed by atoms with Crippen LogP contribution in [0, 0.1) is 17.3 Å². The minimum Gasteiger partial charge on any atom is -0.469 e. The maximum absolute atomic E-state index is 11.3. The van der Waals surface area contributed by atoms with E-state index in [4.69, 9.17) is 9.57 Å². The van der Waals surface area contributed by atoms with E-state index < -0.39 is 0 Å². The molecule has 0 aromatic heterocycles. The number of carbonyl (C=O) groups is 1. The zero-order chi connectivity index (χ0) is 11.5. The first-order valence-electron chi connectivity index (χ1n) is 4.90. The molecule has 15 heavy (non-hydrogen) atoms. The van der Waals surface area contributed by atoms with E-state index in [1.807, 2.05) is 13.8 Å². The minimum absolute atomic E-state index is 0.0753. The first kappa shape index (κ1) is 11.8. The summed E-state index contributed by atoms with van der Waals surface area (Å²) in [6.07, 6.45) is 3.29. The van der Waals surface area contributed by atoms with E-state index in [1.54, 1.807) is 12.3 Å². The van der Waals surface area contributed by atoms with Crippen LogP contribution < -0.4 is 0 Å². The monoisotopic (exact) mass is 211 g/mol. The van der Waals surface area contributed by atoms with Crippen molar-refractivity contribution < 1.29 is 14.4 Å². The summed E-state index contributed by atoms with van der Waals surface area (Å²) in [7, 11) is 1.40. The van der Waals surface area contributed by atoms with Gasteiger partial charge in [0.25, 0.3) is 0 Å². The molecule has 0 saturated heterocycles. The SMILES string of the molecule is C=CCO/N=C/C1C(C(=O)OC)C1(C)C. The van der Waals surface area contributed by atoms with E-state index in [1.165, 1.54) is 7.11 Å². The van der Waals surface area contributed by atoms with Crippen molar-refractivity contribution in [2.24, 2.45) is 22.4 Å². The van der Waals surface area contributed by atoms with Crippen LogP contribution in [0.4, 0.5) is 0 Å². The van der Waals surface area contributed by atoms with Crippen molar-refractivity contribution in [3.05, 3.63) is 12.7 Å². The lowest BCUT2D eigenvalue weighted by molar-refractivity contribution is -0.143. The van der Waals surface area contributed by atoms with Crippen LogP contribution in [0.1, 0.15) is 13.8 Å². The van der Waals surface area contributed by atoms with E-state index in [0.29, 0.717) is 6.61 Å². The van der Waals surface area contributed by atoms with Crippen LogP contribution in [0.15, 0.2) is 17.8 Å². The molecule has 0 aromatic carbocycles. The topological polar surface area (TPSA) is 47.9 Å². The van der Waals surface area contributed by atoms with E-state index in [-0.39, 0.29) is 23.2 Å². The zero-order valence-electron chi connectivity index (χ0n) is 9.40. The molecule has 1 fully saturated rings. The summed E-state index contributed by atoms with van der Waals surface area (Å²) in [5, 5.41) is 3.78. The predicted molar refractivity (Wildman–Crippen MR) is 57.4 cm³/mol. The molecule has 4 nitrogen and oxygen atoms in total. The smallest absolute Gasteiger partial charge is 0.309 e. The van der Waals surface area contributed by atoms with Gasteiger partial charge in [-0.05, 0) is 5.41 Å². The number of hydrogen-bond donors (Lipinski definition) is 0. The van der Waals surface area contributed by atoms with Gasteiger partial charge in [0, 0.05) is 12.1 Å². The summed E-state index contributed by atoms with van der Waals surface area (Å²) in [5.41, 5.74) is -0.0753.